The lowest BCUT2D eigenvalue weighted by atomic mass is 9.49. The molecule has 1 N–H and O–H groups in total. The molecule has 0 radical (unpaired) electrons. The Labute approximate surface area is 219 Å². The number of nitrogens with zero attached hydrogens (tertiary/aromatic N) is 2. The maximum absolute atomic E-state index is 13.0. The highest BCUT2D eigenvalue weighted by Crippen LogP contribution is 2.61. The first-order valence-corrected chi connectivity index (χ1v) is 14.0. The van der Waals surface area contributed by atoms with Crippen LogP contribution in [0.15, 0.2) is 42.5 Å². The Kier molecular flexibility index (Phi) is 6.49. The van der Waals surface area contributed by atoms with E-state index in [1.54, 1.807) is 0 Å². The van der Waals surface area contributed by atoms with Crippen molar-refractivity contribution < 1.29 is 4.79 Å². The molecule has 1 heterocycles. The summed E-state index contributed by atoms with van der Waals surface area (Å²) >= 11 is 13.1. The van der Waals surface area contributed by atoms with E-state index in [0.717, 1.165) is 66.9 Å². The molecule has 7 rings (SSSR count). The third kappa shape index (κ3) is 5.08. The molecule has 0 spiro atoms. The van der Waals surface area contributed by atoms with Crippen LogP contribution in [0.25, 0.3) is 0 Å². The minimum absolute atomic E-state index is 0.156. The molecular weight excluding hydrogens is 477 g/mol. The van der Waals surface area contributed by atoms with Gasteiger partial charge in [-0.2, -0.15) is 0 Å². The minimum Gasteiger partial charge on any atom is -0.368 e. The van der Waals surface area contributed by atoms with Crippen molar-refractivity contribution >= 4 is 40.5 Å². The number of rotatable bonds is 6. The molecule has 1 aliphatic heterocycles. The zero-order valence-electron chi connectivity index (χ0n) is 20.3. The number of hydrogen-bond donors (Lipinski definition) is 1. The molecule has 6 heteroatoms. The molecule has 4 nitrogen and oxygen atoms in total. The number of anilines is 2. The van der Waals surface area contributed by atoms with Crippen LogP contribution in [0.2, 0.25) is 10.0 Å². The largest absolute Gasteiger partial charge is 0.368 e. The second-order valence-electron chi connectivity index (χ2n) is 11.7. The molecule has 5 aliphatic rings. The van der Waals surface area contributed by atoms with Gasteiger partial charge < -0.3 is 10.2 Å². The van der Waals surface area contributed by atoms with E-state index in [4.69, 9.17) is 23.2 Å². The van der Waals surface area contributed by atoms with Crippen LogP contribution >= 0.6 is 23.2 Å². The molecule has 0 aromatic heterocycles. The highest BCUT2D eigenvalue weighted by atomic mass is 35.5. The predicted molar refractivity (Wildman–Crippen MR) is 144 cm³/mol. The van der Waals surface area contributed by atoms with E-state index < -0.39 is 0 Å². The first-order valence-electron chi connectivity index (χ1n) is 13.2. The average Bonchev–Trinajstić information content (AvgIpc) is 2.80. The number of carbonyl (C=O) groups excluding carboxylic acids is 1. The number of piperazine rings is 1. The third-order valence-electron chi connectivity index (χ3n) is 9.00. The van der Waals surface area contributed by atoms with Gasteiger partial charge >= 0.3 is 0 Å². The summed E-state index contributed by atoms with van der Waals surface area (Å²) in [6.07, 6.45) is 8.67. The molecule has 2 aromatic rings. The summed E-state index contributed by atoms with van der Waals surface area (Å²) in [5.41, 5.74) is 3.29. The Morgan fingerprint density at radius 3 is 2.17 bits per heavy atom. The lowest BCUT2D eigenvalue weighted by Crippen LogP contribution is -2.47. The monoisotopic (exact) mass is 511 g/mol. The number of carbonyl (C=O) groups is 1. The average molecular weight is 513 g/mol. The zero-order valence-corrected chi connectivity index (χ0v) is 21.8. The minimum atomic E-state index is 0.156. The van der Waals surface area contributed by atoms with Gasteiger partial charge in [-0.15, -0.1) is 0 Å². The molecule has 5 fully saturated rings. The van der Waals surface area contributed by atoms with Gasteiger partial charge in [0.1, 0.15) is 0 Å². The number of halogens is 2. The lowest BCUT2D eigenvalue weighted by molar-refractivity contribution is -0.124. The van der Waals surface area contributed by atoms with Gasteiger partial charge in [0.05, 0.1) is 10.7 Å². The van der Waals surface area contributed by atoms with Crippen LogP contribution in [0.1, 0.15) is 50.5 Å². The predicted octanol–water partition coefficient (Wildman–Crippen LogP) is 6.86. The smallest absolute Gasteiger partial charge is 0.224 e. The Bertz CT molecular complexity index is 1060. The van der Waals surface area contributed by atoms with Gasteiger partial charge in [0.25, 0.3) is 0 Å². The van der Waals surface area contributed by atoms with E-state index in [-0.39, 0.29) is 11.3 Å². The van der Waals surface area contributed by atoms with Gasteiger partial charge in [0.15, 0.2) is 0 Å². The van der Waals surface area contributed by atoms with Gasteiger partial charge in [-0.1, -0.05) is 41.4 Å². The Morgan fingerprint density at radius 2 is 1.54 bits per heavy atom. The second-order valence-corrected chi connectivity index (χ2v) is 12.5. The first-order chi connectivity index (χ1) is 16.9. The molecule has 0 unspecified atom stereocenters. The van der Waals surface area contributed by atoms with Crippen molar-refractivity contribution in [2.75, 3.05) is 36.4 Å². The molecule has 1 amide bonds. The van der Waals surface area contributed by atoms with E-state index in [1.165, 1.54) is 44.1 Å². The molecule has 4 saturated carbocycles. The van der Waals surface area contributed by atoms with Crippen molar-refractivity contribution in [3.05, 3.63) is 58.1 Å². The highest BCUT2D eigenvalue weighted by Gasteiger charge is 2.51. The molecule has 186 valence electrons. The van der Waals surface area contributed by atoms with Crippen molar-refractivity contribution in [1.82, 2.24) is 4.90 Å². The number of benzene rings is 2. The number of nitrogens with one attached hydrogen (secondary N) is 1. The Morgan fingerprint density at radius 1 is 0.886 bits per heavy atom. The molecule has 2 aromatic carbocycles. The third-order valence-corrected chi connectivity index (χ3v) is 9.67. The summed E-state index contributed by atoms with van der Waals surface area (Å²) in [4.78, 5) is 17.8. The van der Waals surface area contributed by atoms with E-state index in [9.17, 15) is 4.79 Å². The summed E-state index contributed by atoms with van der Waals surface area (Å²) < 4.78 is 0. The van der Waals surface area contributed by atoms with E-state index >= 15 is 0 Å². The van der Waals surface area contributed by atoms with E-state index in [0.29, 0.717) is 11.4 Å². The van der Waals surface area contributed by atoms with Gasteiger partial charge in [-0.3, -0.25) is 9.69 Å². The number of amides is 1. The fraction of sp³-hybridized carbons (Fsp3) is 0.552. The molecular formula is C29H35Cl2N3O. The second kappa shape index (κ2) is 9.61. The fourth-order valence-corrected chi connectivity index (χ4v) is 8.40. The Balaban J connectivity index is 1.04. The maximum atomic E-state index is 13.0. The summed E-state index contributed by atoms with van der Waals surface area (Å²) in [6, 6.07) is 14.1. The van der Waals surface area contributed by atoms with Crippen LogP contribution in [0.3, 0.4) is 0 Å². The van der Waals surface area contributed by atoms with Crippen molar-refractivity contribution in [2.24, 2.45) is 23.2 Å². The number of hydrogen-bond acceptors (Lipinski definition) is 3. The van der Waals surface area contributed by atoms with Crippen LogP contribution in [-0.4, -0.2) is 37.0 Å². The molecule has 0 atom stereocenters. The van der Waals surface area contributed by atoms with Crippen LogP contribution in [0.4, 0.5) is 11.4 Å². The van der Waals surface area contributed by atoms with Crippen LogP contribution in [0, 0.1) is 23.2 Å². The van der Waals surface area contributed by atoms with E-state index in [1.807, 2.05) is 30.3 Å². The quantitative estimate of drug-likeness (QED) is 0.459. The van der Waals surface area contributed by atoms with Gasteiger partial charge in [-0.05, 0) is 91.5 Å². The first kappa shape index (κ1) is 23.6. The van der Waals surface area contributed by atoms with Crippen molar-refractivity contribution in [1.29, 1.82) is 0 Å². The van der Waals surface area contributed by atoms with E-state index in [2.05, 4.69) is 27.2 Å². The van der Waals surface area contributed by atoms with Gasteiger partial charge in [0.2, 0.25) is 5.91 Å². The molecule has 4 bridgehead atoms. The molecule has 4 aliphatic carbocycles. The summed E-state index contributed by atoms with van der Waals surface area (Å²) in [5.74, 6) is 2.76. The van der Waals surface area contributed by atoms with Crippen molar-refractivity contribution in [2.45, 2.75) is 51.5 Å². The summed E-state index contributed by atoms with van der Waals surface area (Å²) in [6.45, 7) is 4.63. The van der Waals surface area contributed by atoms with Crippen LogP contribution < -0.4 is 10.2 Å². The summed E-state index contributed by atoms with van der Waals surface area (Å²) in [5, 5.41) is 4.70. The lowest BCUT2D eigenvalue weighted by Gasteiger charge is -2.56. The van der Waals surface area contributed by atoms with Crippen LogP contribution in [-0.2, 0) is 11.3 Å². The van der Waals surface area contributed by atoms with Gasteiger partial charge in [0, 0.05) is 49.9 Å². The normalized spacial score (nSPS) is 30.0. The van der Waals surface area contributed by atoms with Crippen molar-refractivity contribution in [3.63, 3.8) is 0 Å². The standard InChI is InChI=1S/C29H35Cl2N3O/c30-25-4-2-1-3-23(25)19-33-7-9-34(10-8-33)27-6-5-24(14-26(27)31)32-28(35)18-29-15-20-11-21(16-29)13-22(12-20)17-29/h1-6,14,20-22H,7-13,15-19H2,(H,32,35). The van der Waals surface area contributed by atoms with Crippen molar-refractivity contribution in [3.8, 4) is 0 Å². The van der Waals surface area contributed by atoms with Crippen LogP contribution in [0.5, 0.6) is 0 Å². The summed E-state index contributed by atoms with van der Waals surface area (Å²) in [7, 11) is 0. The Hall–Kier alpha value is -1.75. The zero-order chi connectivity index (χ0) is 24.0. The molecule has 1 saturated heterocycles. The highest BCUT2D eigenvalue weighted by molar-refractivity contribution is 6.33. The SMILES string of the molecule is O=C(CC12CC3CC(CC(C3)C1)C2)Nc1ccc(N2CCN(Cc3ccccc3Cl)CC2)c(Cl)c1. The maximum Gasteiger partial charge on any atom is 0.224 e. The fourth-order valence-electron chi connectivity index (χ4n) is 7.91. The molecule has 35 heavy (non-hydrogen) atoms. The topological polar surface area (TPSA) is 35.6 Å². The van der Waals surface area contributed by atoms with Gasteiger partial charge in [-0.25, -0.2) is 0 Å².